The van der Waals surface area contributed by atoms with Gasteiger partial charge in [-0.15, -0.1) is 0 Å². The molecule has 0 saturated heterocycles. The van der Waals surface area contributed by atoms with Crippen LogP contribution in [0.4, 0.5) is 5.82 Å². The summed E-state index contributed by atoms with van der Waals surface area (Å²) in [6.45, 7) is 0.453. The summed E-state index contributed by atoms with van der Waals surface area (Å²) in [7, 11) is 0. The van der Waals surface area contributed by atoms with E-state index in [0.717, 1.165) is 19.0 Å². The van der Waals surface area contributed by atoms with Crippen LogP contribution in [0.5, 0.6) is 0 Å². The minimum absolute atomic E-state index is 0.0337. The van der Waals surface area contributed by atoms with Gasteiger partial charge in [0.15, 0.2) is 0 Å². The van der Waals surface area contributed by atoms with E-state index in [1.807, 2.05) is 0 Å². The number of nitrogens with two attached hydrogens (primary N) is 1. The Kier molecular flexibility index (Phi) is 2.14. The molecule has 0 atom stereocenters. The number of carbonyl (C=O) groups excluding carboxylic acids is 1. The Morgan fingerprint density at radius 2 is 2.40 bits per heavy atom. The maximum absolute atomic E-state index is 11.0. The van der Waals surface area contributed by atoms with E-state index in [-0.39, 0.29) is 11.6 Å². The molecule has 15 heavy (non-hydrogen) atoms. The first-order valence-corrected chi connectivity index (χ1v) is 4.59. The van der Waals surface area contributed by atoms with Gasteiger partial charge in [0.25, 0.3) is 5.82 Å². The average Bonchev–Trinajstić information content (AvgIpc) is 2.82. The second kappa shape index (κ2) is 3.34. The first kappa shape index (κ1) is 9.63. The number of primary amides is 1. The Labute approximate surface area is 85.0 Å². The number of rotatable bonds is 4. The Morgan fingerprint density at radius 3 is 2.87 bits per heavy atom. The summed E-state index contributed by atoms with van der Waals surface area (Å²) in [4.78, 5) is 24.7. The lowest BCUT2D eigenvalue weighted by atomic mass is 10.4. The van der Waals surface area contributed by atoms with Crippen LogP contribution in [0.2, 0.25) is 0 Å². The van der Waals surface area contributed by atoms with Crippen molar-refractivity contribution in [1.29, 1.82) is 0 Å². The van der Waals surface area contributed by atoms with Gasteiger partial charge in [0.1, 0.15) is 6.20 Å². The summed E-state index contributed by atoms with van der Waals surface area (Å²) in [5, 5.41) is 10.7. The summed E-state index contributed by atoms with van der Waals surface area (Å²) in [6, 6.07) is 0. The molecule has 1 aliphatic rings. The van der Waals surface area contributed by atoms with E-state index in [2.05, 4.69) is 4.98 Å². The molecule has 0 unspecified atom stereocenters. The molecule has 80 valence electrons. The van der Waals surface area contributed by atoms with Crippen molar-refractivity contribution < 1.29 is 9.72 Å². The molecule has 0 radical (unpaired) electrons. The van der Waals surface area contributed by atoms with Crippen molar-refractivity contribution in [3.05, 3.63) is 22.1 Å². The van der Waals surface area contributed by atoms with E-state index in [1.54, 1.807) is 0 Å². The van der Waals surface area contributed by atoms with Crippen molar-refractivity contribution >= 4 is 11.7 Å². The van der Waals surface area contributed by atoms with E-state index < -0.39 is 10.8 Å². The van der Waals surface area contributed by atoms with Crippen molar-refractivity contribution in [3.8, 4) is 0 Å². The molecule has 2 rings (SSSR count). The number of hydrogen-bond acceptors (Lipinski definition) is 4. The lowest BCUT2D eigenvalue weighted by molar-refractivity contribution is -0.392. The van der Waals surface area contributed by atoms with Gasteiger partial charge in [-0.1, -0.05) is 0 Å². The summed E-state index contributed by atoms with van der Waals surface area (Å²) >= 11 is 0. The Hall–Kier alpha value is -1.92. The van der Waals surface area contributed by atoms with Gasteiger partial charge in [-0.3, -0.25) is 4.79 Å². The van der Waals surface area contributed by atoms with E-state index in [0.29, 0.717) is 12.5 Å². The molecule has 1 aliphatic carbocycles. The highest BCUT2D eigenvalue weighted by Crippen LogP contribution is 2.32. The number of imidazole rings is 1. The molecule has 1 aromatic heterocycles. The molecule has 0 spiro atoms. The van der Waals surface area contributed by atoms with Crippen LogP contribution in [0.3, 0.4) is 0 Å². The van der Waals surface area contributed by atoms with E-state index >= 15 is 0 Å². The van der Waals surface area contributed by atoms with Crippen LogP contribution in [0, 0.1) is 16.0 Å². The van der Waals surface area contributed by atoms with Crippen LogP contribution >= 0.6 is 0 Å². The topological polar surface area (TPSA) is 104 Å². The molecule has 2 N–H and O–H groups in total. The van der Waals surface area contributed by atoms with Crippen LogP contribution in [0.1, 0.15) is 23.5 Å². The minimum atomic E-state index is -0.733. The van der Waals surface area contributed by atoms with Crippen LogP contribution in [0.25, 0.3) is 0 Å². The fourth-order valence-corrected chi connectivity index (χ4v) is 1.45. The molecule has 0 bridgehead atoms. The standard InChI is InChI=1S/C8H10N4O3/c9-7(13)8-10-3-6(12(14)15)11(8)4-5-1-2-5/h3,5H,1-2,4H2,(H2,9,13). The molecule has 1 saturated carbocycles. The van der Waals surface area contributed by atoms with Gasteiger partial charge in [-0.25, -0.2) is 9.55 Å². The summed E-state index contributed by atoms with van der Waals surface area (Å²) in [6.07, 6.45) is 3.14. The number of carbonyl (C=O) groups is 1. The van der Waals surface area contributed by atoms with Crippen molar-refractivity contribution in [2.75, 3.05) is 0 Å². The number of nitrogens with zero attached hydrogens (tertiary/aromatic N) is 3. The third kappa shape index (κ3) is 1.80. The van der Waals surface area contributed by atoms with Gasteiger partial charge < -0.3 is 15.8 Å². The lowest BCUT2D eigenvalue weighted by Crippen LogP contribution is -2.19. The van der Waals surface area contributed by atoms with Gasteiger partial charge in [-0.2, -0.15) is 0 Å². The van der Waals surface area contributed by atoms with Crippen molar-refractivity contribution in [2.24, 2.45) is 11.7 Å². The second-order valence-electron chi connectivity index (χ2n) is 3.62. The molecule has 1 aromatic rings. The Bertz CT molecular complexity index is 390. The fraction of sp³-hybridized carbons (Fsp3) is 0.500. The highest BCUT2D eigenvalue weighted by Gasteiger charge is 2.31. The van der Waals surface area contributed by atoms with Crippen LogP contribution in [-0.2, 0) is 6.54 Å². The SMILES string of the molecule is NC(=O)c1ncc([N+](=O)[O-])n1CC1CC1. The molecular weight excluding hydrogens is 200 g/mol. The summed E-state index contributed by atoms with van der Waals surface area (Å²) in [5.74, 6) is -0.524. The molecule has 7 nitrogen and oxygen atoms in total. The summed E-state index contributed by atoms with van der Waals surface area (Å²) in [5.41, 5.74) is 5.08. The number of hydrogen-bond donors (Lipinski definition) is 1. The van der Waals surface area contributed by atoms with E-state index in [4.69, 9.17) is 5.73 Å². The quantitative estimate of drug-likeness (QED) is 0.569. The Balaban J connectivity index is 2.37. The van der Waals surface area contributed by atoms with Gasteiger partial charge in [0.05, 0.1) is 6.54 Å². The highest BCUT2D eigenvalue weighted by molar-refractivity contribution is 5.89. The first-order valence-electron chi connectivity index (χ1n) is 4.59. The van der Waals surface area contributed by atoms with E-state index in [1.165, 1.54) is 4.57 Å². The predicted molar refractivity (Wildman–Crippen MR) is 50.1 cm³/mol. The molecular formula is C8H10N4O3. The fourth-order valence-electron chi connectivity index (χ4n) is 1.45. The number of amides is 1. The Morgan fingerprint density at radius 1 is 1.73 bits per heavy atom. The smallest absolute Gasteiger partial charge is 0.343 e. The van der Waals surface area contributed by atoms with Crippen molar-refractivity contribution in [3.63, 3.8) is 0 Å². The normalized spacial score (nSPS) is 15.2. The zero-order valence-corrected chi connectivity index (χ0v) is 7.92. The molecule has 7 heteroatoms. The largest absolute Gasteiger partial charge is 0.361 e. The van der Waals surface area contributed by atoms with Gasteiger partial charge in [0, 0.05) is 0 Å². The molecule has 0 aliphatic heterocycles. The molecule has 1 heterocycles. The average molecular weight is 210 g/mol. The molecule has 1 fully saturated rings. The van der Waals surface area contributed by atoms with Gasteiger partial charge in [0.2, 0.25) is 0 Å². The van der Waals surface area contributed by atoms with Crippen molar-refractivity contribution in [1.82, 2.24) is 9.55 Å². The minimum Gasteiger partial charge on any atom is -0.361 e. The van der Waals surface area contributed by atoms with Crippen molar-refractivity contribution in [2.45, 2.75) is 19.4 Å². The third-order valence-corrected chi connectivity index (χ3v) is 2.38. The predicted octanol–water partition coefficient (Wildman–Crippen LogP) is 0.300. The van der Waals surface area contributed by atoms with E-state index in [9.17, 15) is 14.9 Å². The number of nitro groups is 1. The zero-order chi connectivity index (χ0) is 11.0. The summed E-state index contributed by atoms with van der Waals surface area (Å²) < 4.78 is 1.29. The second-order valence-corrected chi connectivity index (χ2v) is 3.62. The monoisotopic (exact) mass is 210 g/mol. The van der Waals surface area contributed by atoms with Crippen LogP contribution in [-0.4, -0.2) is 20.4 Å². The van der Waals surface area contributed by atoms with Gasteiger partial charge >= 0.3 is 11.7 Å². The maximum atomic E-state index is 11.0. The molecule has 1 amide bonds. The molecule has 0 aromatic carbocycles. The third-order valence-electron chi connectivity index (χ3n) is 2.38. The van der Waals surface area contributed by atoms with Gasteiger partial charge in [-0.05, 0) is 23.7 Å². The van der Waals surface area contributed by atoms with Crippen LogP contribution < -0.4 is 5.73 Å². The maximum Gasteiger partial charge on any atom is 0.343 e. The van der Waals surface area contributed by atoms with Crippen LogP contribution in [0.15, 0.2) is 6.20 Å². The highest BCUT2D eigenvalue weighted by atomic mass is 16.6. The first-order chi connectivity index (χ1) is 7.09. The lowest BCUT2D eigenvalue weighted by Gasteiger charge is -2.00. The number of aromatic nitrogens is 2. The zero-order valence-electron chi connectivity index (χ0n) is 7.92.